The maximum Gasteiger partial charge on any atom is 0.0608 e. The number of thioether (sulfide) groups is 1. The topological polar surface area (TPSA) is 29.5 Å². The van der Waals surface area contributed by atoms with Gasteiger partial charge < -0.3 is 9.84 Å². The lowest BCUT2D eigenvalue weighted by Crippen LogP contribution is -2.30. The number of aliphatic hydroxyl groups is 1. The molecular weight excluding hydrogens is 232 g/mol. The molecule has 1 aromatic rings. The third kappa shape index (κ3) is 3.78. The summed E-state index contributed by atoms with van der Waals surface area (Å²) in [4.78, 5) is 0. The monoisotopic (exact) mass is 248 g/mol. The van der Waals surface area contributed by atoms with E-state index in [1.54, 1.807) is 0 Å². The normalized spacial score (nSPS) is 14.9. The van der Waals surface area contributed by atoms with Crippen molar-refractivity contribution in [2.24, 2.45) is 0 Å². The van der Waals surface area contributed by atoms with Crippen LogP contribution in [0.15, 0.2) is 24.3 Å². The molecule has 0 bridgehead atoms. The first-order valence-corrected chi connectivity index (χ1v) is 6.82. The Balaban J connectivity index is 1.97. The van der Waals surface area contributed by atoms with Gasteiger partial charge in [0.25, 0.3) is 0 Å². The predicted octanol–water partition coefficient (Wildman–Crippen LogP) is 2.05. The Morgan fingerprint density at radius 2 is 2.18 bits per heavy atom. The summed E-state index contributed by atoms with van der Waals surface area (Å²) in [5, 5.41) is 9.36. The molecule has 3 heteroatoms. The molecule has 0 radical (unpaired) electrons. The second kappa shape index (κ2) is 6.70. The molecule has 0 aromatic heterocycles. The minimum Gasteiger partial charge on any atom is -0.395 e. The zero-order valence-corrected chi connectivity index (χ0v) is 10.5. The zero-order chi connectivity index (χ0) is 11.9. The van der Waals surface area contributed by atoms with Gasteiger partial charge in [-0.1, -0.05) is 30.0 Å². The average Bonchev–Trinajstić information content (AvgIpc) is 2.29. The molecule has 0 unspecified atom stereocenters. The maximum absolute atomic E-state index is 8.71. The first-order chi connectivity index (χ1) is 8.40. The third-order valence-electron chi connectivity index (χ3n) is 2.56. The molecule has 0 saturated carbocycles. The average molecular weight is 248 g/mol. The Bertz CT molecular complexity index is 416. The van der Waals surface area contributed by atoms with Crippen LogP contribution in [0.2, 0.25) is 0 Å². The lowest BCUT2D eigenvalue weighted by molar-refractivity contribution is 0.0455. The largest absolute Gasteiger partial charge is 0.395 e. The van der Waals surface area contributed by atoms with Gasteiger partial charge in [0.2, 0.25) is 0 Å². The SMILES string of the molecule is OCCC#Cc1ccccc1CSC1COC1. The van der Waals surface area contributed by atoms with Crippen molar-refractivity contribution in [3.63, 3.8) is 0 Å². The van der Waals surface area contributed by atoms with Crippen LogP contribution in [-0.2, 0) is 10.5 Å². The van der Waals surface area contributed by atoms with Gasteiger partial charge in [0.15, 0.2) is 0 Å². The Labute approximate surface area is 106 Å². The van der Waals surface area contributed by atoms with Crippen molar-refractivity contribution in [1.82, 2.24) is 0 Å². The highest BCUT2D eigenvalue weighted by atomic mass is 32.2. The molecular formula is C14H16O2S. The van der Waals surface area contributed by atoms with Gasteiger partial charge in [0.1, 0.15) is 0 Å². The molecule has 0 aliphatic carbocycles. The van der Waals surface area contributed by atoms with Crippen molar-refractivity contribution in [1.29, 1.82) is 0 Å². The molecule has 0 atom stereocenters. The summed E-state index contributed by atoms with van der Waals surface area (Å²) < 4.78 is 5.16. The zero-order valence-electron chi connectivity index (χ0n) is 9.69. The fraction of sp³-hybridized carbons (Fsp3) is 0.429. The first kappa shape index (κ1) is 12.5. The van der Waals surface area contributed by atoms with Crippen LogP contribution in [0.3, 0.4) is 0 Å². The molecule has 17 heavy (non-hydrogen) atoms. The van der Waals surface area contributed by atoms with E-state index in [0.717, 1.165) is 24.5 Å². The van der Waals surface area contributed by atoms with Gasteiger partial charge in [-0.3, -0.25) is 0 Å². The van der Waals surface area contributed by atoms with Crippen LogP contribution in [-0.4, -0.2) is 30.2 Å². The number of hydrogen-bond donors (Lipinski definition) is 1. The second-order valence-corrected chi connectivity index (χ2v) is 5.19. The van der Waals surface area contributed by atoms with Crippen LogP contribution < -0.4 is 0 Å². The van der Waals surface area contributed by atoms with Crippen LogP contribution in [0.5, 0.6) is 0 Å². The molecule has 1 aromatic carbocycles. The Kier molecular flexibility index (Phi) is 4.93. The van der Waals surface area contributed by atoms with E-state index in [1.807, 2.05) is 30.0 Å². The molecule has 1 aliphatic rings. The van der Waals surface area contributed by atoms with Crippen molar-refractivity contribution in [3.8, 4) is 11.8 Å². The lowest BCUT2D eigenvalue weighted by atomic mass is 10.1. The van der Waals surface area contributed by atoms with Crippen LogP contribution in [0.4, 0.5) is 0 Å². The summed E-state index contributed by atoms with van der Waals surface area (Å²) in [5.74, 6) is 7.08. The number of ether oxygens (including phenoxy) is 1. The van der Waals surface area contributed by atoms with Gasteiger partial charge in [-0.2, -0.15) is 0 Å². The molecule has 0 amide bonds. The van der Waals surface area contributed by atoms with Crippen LogP contribution >= 0.6 is 11.8 Å². The van der Waals surface area contributed by atoms with Gasteiger partial charge in [-0.15, -0.1) is 11.8 Å². The van der Waals surface area contributed by atoms with E-state index in [0.29, 0.717) is 11.7 Å². The molecule has 90 valence electrons. The Morgan fingerprint density at radius 1 is 1.35 bits per heavy atom. The minimum atomic E-state index is 0.128. The van der Waals surface area contributed by atoms with Crippen molar-refractivity contribution in [2.75, 3.05) is 19.8 Å². The lowest BCUT2D eigenvalue weighted by Gasteiger charge is -2.25. The highest BCUT2D eigenvalue weighted by Gasteiger charge is 2.18. The van der Waals surface area contributed by atoms with Gasteiger partial charge in [-0.05, 0) is 11.6 Å². The molecule has 1 heterocycles. The maximum atomic E-state index is 8.71. The van der Waals surface area contributed by atoms with Crippen molar-refractivity contribution >= 4 is 11.8 Å². The highest BCUT2D eigenvalue weighted by Crippen LogP contribution is 2.24. The van der Waals surface area contributed by atoms with Crippen LogP contribution in [0, 0.1) is 11.8 Å². The predicted molar refractivity (Wildman–Crippen MR) is 70.9 cm³/mol. The quantitative estimate of drug-likeness (QED) is 0.827. The second-order valence-electron chi connectivity index (χ2n) is 3.90. The molecule has 1 saturated heterocycles. The van der Waals surface area contributed by atoms with E-state index < -0.39 is 0 Å². The van der Waals surface area contributed by atoms with Gasteiger partial charge in [0.05, 0.1) is 25.1 Å². The van der Waals surface area contributed by atoms with E-state index in [9.17, 15) is 0 Å². The van der Waals surface area contributed by atoms with Crippen molar-refractivity contribution in [3.05, 3.63) is 35.4 Å². The molecule has 1 aliphatic heterocycles. The van der Waals surface area contributed by atoms with Gasteiger partial charge >= 0.3 is 0 Å². The standard InChI is InChI=1S/C14H16O2S/c15-8-4-3-6-12-5-1-2-7-13(12)11-17-14-9-16-10-14/h1-2,5,7,14-15H,4,8-11H2. The highest BCUT2D eigenvalue weighted by molar-refractivity contribution is 7.99. The number of hydrogen-bond acceptors (Lipinski definition) is 3. The fourth-order valence-corrected chi connectivity index (χ4v) is 2.55. The Morgan fingerprint density at radius 3 is 2.88 bits per heavy atom. The van der Waals surface area contributed by atoms with E-state index in [2.05, 4.69) is 17.9 Å². The Hall–Kier alpha value is -0.950. The van der Waals surface area contributed by atoms with E-state index >= 15 is 0 Å². The van der Waals surface area contributed by atoms with E-state index in [-0.39, 0.29) is 6.61 Å². The van der Waals surface area contributed by atoms with Crippen LogP contribution in [0.25, 0.3) is 0 Å². The summed E-state index contributed by atoms with van der Waals surface area (Å²) in [5.41, 5.74) is 2.35. The first-order valence-electron chi connectivity index (χ1n) is 5.77. The molecule has 2 nitrogen and oxygen atoms in total. The third-order valence-corrected chi connectivity index (χ3v) is 3.78. The summed E-state index contributed by atoms with van der Waals surface area (Å²) in [6.07, 6.45) is 0.540. The number of benzene rings is 1. The number of rotatable bonds is 4. The summed E-state index contributed by atoms with van der Waals surface area (Å²) in [7, 11) is 0. The summed E-state index contributed by atoms with van der Waals surface area (Å²) >= 11 is 1.93. The molecule has 1 fully saturated rings. The van der Waals surface area contributed by atoms with Crippen molar-refractivity contribution < 1.29 is 9.84 Å². The van der Waals surface area contributed by atoms with E-state index in [4.69, 9.17) is 9.84 Å². The summed E-state index contributed by atoms with van der Waals surface area (Å²) in [6.45, 7) is 1.88. The molecule has 0 spiro atoms. The molecule has 1 N–H and O–H groups in total. The molecule has 2 rings (SSSR count). The van der Waals surface area contributed by atoms with Gasteiger partial charge in [0, 0.05) is 17.7 Å². The van der Waals surface area contributed by atoms with E-state index in [1.165, 1.54) is 5.56 Å². The van der Waals surface area contributed by atoms with Crippen LogP contribution in [0.1, 0.15) is 17.5 Å². The smallest absolute Gasteiger partial charge is 0.0608 e. The van der Waals surface area contributed by atoms with Crippen molar-refractivity contribution in [2.45, 2.75) is 17.4 Å². The minimum absolute atomic E-state index is 0.128. The summed E-state index contributed by atoms with van der Waals surface area (Å²) in [6, 6.07) is 8.21. The van der Waals surface area contributed by atoms with Gasteiger partial charge in [-0.25, -0.2) is 0 Å². The fourth-order valence-electron chi connectivity index (χ4n) is 1.50. The number of aliphatic hydroxyl groups excluding tert-OH is 1.